The molecule has 18 nitrogen and oxygen atoms in total. The number of carbonyl (C=O) groups is 6. The number of hydrogen-bond donors (Lipinski definition) is 11. The first-order valence-electron chi connectivity index (χ1n) is 14.7. The van der Waals surface area contributed by atoms with Gasteiger partial charge in [0.05, 0.1) is 22.8 Å². The maximum atomic E-state index is 13.7. The number of primary amides is 1. The van der Waals surface area contributed by atoms with Crippen LogP contribution in [-0.2, 0) is 24.0 Å². The summed E-state index contributed by atoms with van der Waals surface area (Å²) in [6.45, 7) is 1.23. The number of fused-ring (bicyclic) bond motifs is 1. The zero-order chi connectivity index (χ0) is 34.9. The first-order chi connectivity index (χ1) is 22.3. The van der Waals surface area contributed by atoms with Gasteiger partial charge in [-0.1, -0.05) is 12.1 Å². The molecule has 19 heteroatoms. The van der Waals surface area contributed by atoms with Crippen LogP contribution in [0, 0.1) is 10.8 Å². The molecule has 0 aliphatic rings. The van der Waals surface area contributed by atoms with Crippen molar-refractivity contribution in [3.8, 4) is 0 Å². The molecule has 0 spiro atoms. The predicted octanol–water partition coefficient (Wildman–Crippen LogP) is -2.14. The molecule has 1 heterocycles. The minimum atomic E-state index is -1.28. The van der Waals surface area contributed by atoms with Crippen molar-refractivity contribution in [3.05, 3.63) is 29.3 Å². The number of ketones is 1. The van der Waals surface area contributed by atoms with Crippen LogP contribution in [-0.4, -0.2) is 90.0 Å². The average Bonchev–Trinajstić information content (AvgIpc) is 3.44. The van der Waals surface area contributed by atoms with Crippen LogP contribution < -0.4 is 49.1 Å². The van der Waals surface area contributed by atoms with Gasteiger partial charge in [0.15, 0.2) is 16.9 Å². The Morgan fingerprint density at radius 3 is 1.89 bits per heavy atom. The Morgan fingerprint density at radius 1 is 0.787 bits per heavy atom. The van der Waals surface area contributed by atoms with E-state index in [1.165, 1.54) is 18.3 Å². The molecule has 3 atom stereocenters. The topological polar surface area (TPSA) is 313 Å². The molecule has 0 bridgehead atoms. The molecule has 256 valence electrons. The van der Waals surface area contributed by atoms with E-state index < -0.39 is 60.0 Å². The zero-order valence-corrected chi connectivity index (χ0v) is 26.8. The Labute approximate surface area is 274 Å². The Bertz CT molecular complexity index is 1430. The lowest BCUT2D eigenvalue weighted by molar-refractivity contribution is -0.133. The van der Waals surface area contributed by atoms with E-state index in [1.807, 2.05) is 12.1 Å². The summed E-state index contributed by atoms with van der Waals surface area (Å²) in [4.78, 5) is 80.2. The fourth-order valence-corrected chi connectivity index (χ4v) is 5.23. The van der Waals surface area contributed by atoms with Crippen LogP contribution in [0.3, 0.4) is 0 Å². The van der Waals surface area contributed by atoms with E-state index in [0.717, 1.165) is 4.70 Å². The van der Waals surface area contributed by atoms with Crippen molar-refractivity contribution >= 4 is 68.8 Å². The van der Waals surface area contributed by atoms with Gasteiger partial charge in [-0.05, 0) is 44.2 Å². The van der Waals surface area contributed by atoms with E-state index in [-0.39, 0.29) is 62.1 Å². The number of thiazole rings is 1. The second-order valence-electron chi connectivity index (χ2n) is 10.5. The van der Waals surface area contributed by atoms with E-state index in [4.69, 9.17) is 28.0 Å². The summed E-state index contributed by atoms with van der Waals surface area (Å²) in [6, 6.07) is 3.61. The third-order valence-corrected chi connectivity index (χ3v) is 7.62. The van der Waals surface area contributed by atoms with E-state index in [9.17, 15) is 28.8 Å². The van der Waals surface area contributed by atoms with Crippen LogP contribution >= 0.6 is 11.3 Å². The average molecular weight is 675 g/mol. The molecule has 0 radical (unpaired) electrons. The van der Waals surface area contributed by atoms with E-state index in [2.05, 4.69) is 36.9 Å². The Balaban J connectivity index is 2.29. The van der Waals surface area contributed by atoms with Gasteiger partial charge >= 0.3 is 0 Å². The number of rotatable bonds is 20. The van der Waals surface area contributed by atoms with Crippen LogP contribution in [0.4, 0.5) is 0 Å². The van der Waals surface area contributed by atoms with Gasteiger partial charge in [0.1, 0.15) is 12.1 Å². The number of benzene rings is 1. The summed E-state index contributed by atoms with van der Waals surface area (Å²) in [6.07, 6.45) is 0.343. The minimum absolute atomic E-state index is 0.0359. The monoisotopic (exact) mass is 674 g/mol. The first-order valence-corrected chi connectivity index (χ1v) is 15.6. The molecule has 1 aromatic heterocycles. The number of hydrogen-bond acceptors (Lipinski definition) is 10. The highest BCUT2D eigenvalue weighted by Gasteiger charge is 2.31. The summed E-state index contributed by atoms with van der Waals surface area (Å²) < 4.78 is 0.782. The molecule has 1 aromatic carbocycles. The smallest absolute Gasteiger partial charge is 0.243 e. The summed E-state index contributed by atoms with van der Waals surface area (Å²) >= 11 is 1.17. The van der Waals surface area contributed by atoms with Crippen molar-refractivity contribution in [3.63, 3.8) is 0 Å². The van der Waals surface area contributed by atoms with Crippen molar-refractivity contribution in [1.29, 1.82) is 10.8 Å². The van der Waals surface area contributed by atoms with Gasteiger partial charge in [0, 0.05) is 26.4 Å². The molecular formula is C28H42N12O6S. The van der Waals surface area contributed by atoms with Gasteiger partial charge in [0.2, 0.25) is 35.3 Å². The van der Waals surface area contributed by atoms with Crippen molar-refractivity contribution in [2.24, 2.45) is 17.2 Å². The zero-order valence-electron chi connectivity index (χ0n) is 25.9. The van der Waals surface area contributed by atoms with Crippen molar-refractivity contribution in [1.82, 2.24) is 36.9 Å². The van der Waals surface area contributed by atoms with Crippen molar-refractivity contribution in [2.45, 2.75) is 63.6 Å². The third-order valence-electron chi connectivity index (χ3n) is 6.57. The van der Waals surface area contributed by atoms with E-state index >= 15 is 0 Å². The van der Waals surface area contributed by atoms with Gasteiger partial charge in [-0.3, -0.25) is 39.6 Å². The molecular weight excluding hydrogens is 632 g/mol. The lowest BCUT2D eigenvalue weighted by Crippen LogP contribution is -2.56. The fraction of sp³-hybridized carbons (Fsp3) is 0.464. The van der Waals surface area contributed by atoms with Gasteiger partial charge in [-0.2, -0.15) is 0 Å². The molecule has 0 aliphatic carbocycles. The number of carbonyl (C=O) groups excluding carboxylic acids is 6. The maximum Gasteiger partial charge on any atom is 0.243 e. The molecule has 1 unspecified atom stereocenters. The number of nitrogens with zero attached hydrogens (tertiary/aromatic N) is 1. The highest BCUT2D eigenvalue weighted by atomic mass is 32.1. The third kappa shape index (κ3) is 14.1. The van der Waals surface area contributed by atoms with Crippen LogP contribution in [0.5, 0.6) is 0 Å². The van der Waals surface area contributed by atoms with Crippen LogP contribution in [0.15, 0.2) is 24.3 Å². The van der Waals surface area contributed by atoms with E-state index in [1.54, 1.807) is 12.1 Å². The molecule has 2 aromatic rings. The molecule has 47 heavy (non-hydrogen) atoms. The molecule has 14 N–H and O–H groups in total. The summed E-state index contributed by atoms with van der Waals surface area (Å²) in [5.41, 5.74) is 16.6. The standard InChI is InChI=1S/C28H42N12O6S/c1-15(41)36-14-22(43)37-19(10-11-21(29)42)25(46)39-18(8-5-13-35-28(32)33)24(45)38-17(7-4-12-34-27(30)31)23(44)26-40-16-6-2-3-9-20(16)47-26/h2-3,6,9,17-19H,4-5,7-8,10-14H2,1H3,(H2,29,42)(H,36,41)(H,37,43)(H,38,45)(H,39,46)(H4,30,31,34)(H4,32,33,35)/t17?,18-,19-/m0/s1. The summed E-state index contributed by atoms with van der Waals surface area (Å²) in [5, 5.41) is 30.2. The number of amides is 5. The van der Waals surface area contributed by atoms with Gasteiger partial charge in [-0.15, -0.1) is 11.3 Å². The Hall–Kier alpha value is -5.33. The second kappa shape index (κ2) is 19.2. The number of nitrogens with one attached hydrogen (secondary N) is 8. The molecule has 0 saturated heterocycles. The quantitative estimate of drug-likeness (QED) is 0.0312. The minimum Gasteiger partial charge on any atom is -0.370 e. The fourth-order valence-electron chi connectivity index (χ4n) is 4.27. The Kier molecular flexibility index (Phi) is 15.5. The Morgan fingerprint density at radius 2 is 1.34 bits per heavy atom. The first kappa shape index (κ1) is 37.9. The number of nitrogens with two attached hydrogens (primary N) is 3. The largest absolute Gasteiger partial charge is 0.370 e. The predicted molar refractivity (Wildman–Crippen MR) is 175 cm³/mol. The van der Waals surface area contributed by atoms with Gasteiger partial charge in [-0.25, -0.2) is 4.98 Å². The van der Waals surface area contributed by atoms with Crippen LogP contribution in [0.25, 0.3) is 10.2 Å². The van der Waals surface area contributed by atoms with Gasteiger partial charge < -0.3 is 49.1 Å². The number of Topliss-reactive ketones (excluding diaryl/α,β-unsaturated/α-hetero) is 1. The number of para-hydroxylation sites is 1. The lowest BCUT2D eigenvalue weighted by atomic mass is 10.0. The van der Waals surface area contributed by atoms with Crippen LogP contribution in [0.2, 0.25) is 0 Å². The number of guanidine groups is 2. The highest BCUT2D eigenvalue weighted by molar-refractivity contribution is 7.20. The summed E-state index contributed by atoms with van der Waals surface area (Å²) in [5.74, 6) is -4.41. The molecule has 2 rings (SSSR count). The summed E-state index contributed by atoms with van der Waals surface area (Å²) in [7, 11) is 0. The molecule has 0 saturated carbocycles. The van der Waals surface area contributed by atoms with Gasteiger partial charge in [0.25, 0.3) is 0 Å². The highest BCUT2D eigenvalue weighted by Crippen LogP contribution is 2.23. The SMILES string of the molecule is CC(=O)NCC(=O)N[C@@H](CCC(N)=O)C(=O)N[C@@H](CCCNC(=N)N)C(=O)NC(CCCNC(=N)N)C(=O)c1nc2ccccc2s1. The lowest BCUT2D eigenvalue weighted by Gasteiger charge is -2.25. The molecule has 0 fully saturated rings. The molecule has 0 aliphatic heterocycles. The van der Waals surface area contributed by atoms with E-state index in [0.29, 0.717) is 11.9 Å². The number of aromatic nitrogens is 1. The molecule has 5 amide bonds. The maximum absolute atomic E-state index is 13.7. The van der Waals surface area contributed by atoms with Crippen LogP contribution in [0.1, 0.15) is 55.3 Å². The van der Waals surface area contributed by atoms with Crippen molar-refractivity contribution < 1.29 is 28.8 Å². The second-order valence-corrected chi connectivity index (χ2v) is 11.5. The van der Waals surface area contributed by atoms with Crippen molar-refractivity contribution in [2.75, 3.05) is 19.6 Å². The normalized spacial score (nSPS) is 12.5.